The van der Waals surface area contributed by atoms with E-state index < -0.39 is 5.97 Å². The molecule has 0 radical (unpaired) electrons. The van der Waals surface area contributed by atoms with Crippen LogP contribution >= 0.6 is 0 Å². The van der Waals surface area contributed by atoms with E-state index in [-0.39, 0.29) is 18.2 Å². The molecule has 0 aliphatic carbocycles. The first-order valence-corrected chi connectivity index (χ1v) is 7.63. The molecule has 5 heteroatoms. The minimum atomic E-state index is -0.795. The lowest BCUT2D eigenvalue weighted by Gasteiger charge is -2.14. The Kier molecular flexibility index (Phi) is 8.04. The van der Waals surface area contributed by atoms with E-state index in [2.05, 4.69) is 5.32 Å². The van der Waals surface area contributed by atoms with Gasteiger partial charge < -0.3 is 15.2 Å². The summed E-state index contributed by atoms with van der Waals surface area (Å²) >= 11 is 0. The molecule has 1 amide bonds. The quantitative estimate of drug-likeness (QED) is 0.652. The smallest absolute Gasteiger partial charge is 0.303 e. The van der Waals surface area contributed by atoms with Crippen molar-refractivity contribution in [3.8, 4) is 5.75 Å². The molecule has 0 bridgehead atoms. The third kappa shape index (κ3) is 7.11. The van der Waals surface area contributed by atoms with Crippen molar-refractivity contribution >= 4 is 11.9 Å². The number of ether oxygens (including phenoxy) is 1. The summed E-state index contributed by atoms with van der Waals surface area (Å²) in [5.41, 5.74) is 1.10. The Bertz CT molecular complexity index is 487. The van der Waals surface area contributed by atoms with E-state index in [1.165, 1.54) is 0 Å². The van der Waals surface area contributed by atoms with E-state index in [0.29, 0.717) is 25.8 Å². The number of carbonyl (C=O) groups excluding carboxylic acids is 1. The number of carbonyl (C=O) groups is 2. The van der Waals surface area contributed by atoms with E-state index in [0.717, 1.165) is 17.7 Å². The normalized spacial score (nSPS) is 11.7. The fourth-order valence-electron chi connectivity index (χ4n) is 2.34. The lowest BCUT2D eigenvalue weighted by Crippen LogP contribution is -2.26. The van der Waals surface area contributed by atoms with Crippen LogP contribution < -0.4 is 10.1 Å². The average Bonchev–Trinajstić information content (AvgIpc) is 2.47. The van der Waals surface area contributed by atoms with E-state index in [4.69, 9.17) is 9.84 Å². The molecule has 5 nitrogen and oxygen atoms in total. The zero-order valence-corrected chi connectivity index (χ0v) is 13.3. The standard InChI is InChI=1S/C17H25NO4/c1-13(11-14-7-3-4-8-15(14)22-2)12-16(19)18-10-6-5-9-17(20)21/h3-4,7-8,13H,5-6,9-12H2,1-2H3,(H,18,19)(H,20,21). The molecule has 0 fully saturated rings. The van der Waals surface area contributed by atoms with Crippen molar-refractivity contribution in [2.24, 2.45) is 5.92 Å². The molecule has 1 rings (SSSR count). The number of hydrogen-bond acceptors (Lipinski definition) is 3. The van der Waals surface area contributed by atoms with Crippen molar-refractivity contribution in [2.45, 2.75) is 39.0 Å². The molecule has 22 heavy (non-hydrogen) atoms. The van der Waals surface area contributed by atoms with Crippen LogP contribution in [0.2, 0.25) is 0 Å². The van der Waals surface area contributed by atoms with Gasteiger partial charge in [-0.25, -0.2) is 0 Å². The lowest BCUT2D eigenvalue weighted by atomic mass is 9.97. The first-order chi connectivity index (χ1) is 10.5. The summed E-state index contributed by atoms with van der Waals surface area (Å²) in [7, 11) is 1.65. The van der Waals surface area contributed by atoms with Crippen molar-refractivity contribution in [2.75, 3.05) is 13.7 Å². The van der Waals surface area contributed by atoms with E-state index in [9.17, 15) is 9.59 Å². The van der Waals surface area contributed by atoms with E-state index in [1.807, 2.05) is 31.2 Å². The predicted octanol–water partition coefficient (Wildman–Crippen LogP) is 2.64. The lowest BCUT2D eigenvalue weighted by molar-refractivity contribution is -0.137. The first kappa shape index (κ1) is 18.0. The van der Waals surface area contributed by atoms with Crippen LogP contribution in [0.25, 0.3) is 0 Å². The molecule has 1 aromatic carbocycles. The van der Waals surface area contributed by atoms with Gasteiger partial charge in [0.25, 0.3) is 0 Å². The van der Waals surface area contributed by atoms with Crippen molar-refractivity contribution in [3.63, 3.8) is 0 Å². The Morgan fingerprint density at radius 2 is 2.00 bits per heavy atom. The molecule has 1 unspecified atom stereocenters. The van der Waals surface area contributed by atoms with Gasteiger partial charge in [0.1, 0.15) is 5.75 Å². The average molecular weight is 307 g/mol. The molecule has 0 spiro atoms. The van der Waals surface area contributed by atoms with E-state index >= 15 is 0 Å². The van der Waals surface area contributed by atoms with Crippen LogP contribution in [0.1, 0.15) is 38.2 Å². The van der Waals surface area contributed by atoms with Gasteiger partial charge in [0, 0.05) is 19.4 Å². The predicted molar refractivity (Wildman–Crippen MR) is 85.0 cm³/mol. The highest BCUT2D eigenvalue weighted by atomic mass is 16.5. The van der Waals surface area contributed by atoms with Crippen molar-refractivity contribution in [1.82, 2.24) is 5.32 Å². The molecule has 2 N–H and O–H groups in total. The number of methoxy groups -OCH3 is 1. The largest absolute Gasteiger partial charge is 0.496 e. The highest BCUT2D eigenvalue weighted by molar-refractivity contribution is 5.76. The molecule has 122 valence electrons. The third-order valence-electron chi connectivity index (χ3n) is 3.43. The maximum atomic E-state index is 11.8. The molecule has 0 heterocycles. The van der Waals surface area contributed by atoms with Crippen LogP contribution in [0.3, 0.4) is 0 Å². The summed E-state index contributed by atoms with van der Waals surface area (Å²) in [6.07, 6.45) is 2.68. The summed E-state index contributed by atoms with van der Waals surface area (Å²) in [5.74, 6) is 0.285. The van der Waals surface area contributed by atoms with Gasteiger partial charge in [-0.3, -0.25) is 9.59 Å². The maximum absolute atomic E-state index is 11.8. The highest BCUT2D eigenvalue weighted by Crippen LogP contribution is 2.21. The Balaban J connectivity index is 2.27. The first-order valence-electron chi connectivity index (χ1n) is 7.63. The van der Waals surface area contributed by atoms with Crippen molar-refractivity contribution in [3.05, 3.63) is 29.8 Å². The zero-order chi connectivity index (χ0) is 16.4. The Morgan fingerprint density at radius 3 is 2.68 bits per heavy atom. The number of hydrogen-bond donors (Lipinski definition) is 2. The summed E-state index contributed by atoms with van der Waals surface area (Å²) in [6.45, 7) is 2.57. The minimum absolute atomic E-state index is 0.0118. The molecular weight excluding hydrogens is 282 g/mol. The molecule has 0 aliphatic heterocycles. The molecule has 1 atom stereocenters. The Labute approximate surface area is 131 Å². The second kappa shape index (κ2) is 9.82. The number of rotatable bonds is 10. The molecular formula is C17H25NO4. The van der Waals surface area contributed by atoms with E-state index in [1.54, 1.807) is 7.11 Å². The number of para-hydroxylation sites is 1. The van der Waals surface area contributed by atoms with Crippen molar-refractivity contribution in [1.29, 1.82) is 0 Å². The summed E-state index contributed by atoms with van der Waals surface area (Å²) < 4.78 is 5.31. The third-order valence-corrected chi connectivity index (χ3v) is 3.43. The van der Waals surface area contributed by atoms with Crippen LogP contribution in [0.4, 0.5) is 0 Å². The summed E-state index contributed by atoms with van der Waals surface area (Å²) in [5, 5.41) is 11.4. The number of carboxylic acids is 1. The monoisotopic (exact) mass is 307 g/mol. The van der Waals surface area contributed by atoms with Crippen LogP contribution in [0, 0.1) is 5.92 Å². The minimum Gasteiger partial charge on any atom is -0.496 e. The molecule has 0 aromatic heterocycles. The van der Waals surface area contributed by atoms with Crippen LogP contribution in [0.15, 0.2) is 24.3 Å². The number of unbranched alkanes of at least 4 members (excludes halogenated alkanes) is 1. The van der Waals surface area contributed by atoms with Gasteiger partial charge in [-0.05, 0) is 36.8 Å². The van der Waals surface area contributed by atoms with Crippen LogP contribution in [-0.2, 0) is 16.0 Å². The van der Waals surface area contributed by atoms with Gasteiger partial charge in [0.2, 0.25) is 5.91 Å². The fraction of sp³-hybridized carbons (Fsp3) is 0.529. The second-order valence-corrected chi connectivity index (χ2v) is 5.53. The van der Waals surface area contributed by atoms with Gasteiger partial charge in [-0.2, -0.15) is 0 Å². The van der Waals surface area contributed by atoms with Gasteiger partial charge >= 0.3 is 5.97 Å². The number of aliphatic carboxylic acids is 1. The summed E-state index contributed by atoms with van der Waals surface area (Å²) in [4.78, 5) is 22.2. The number of benzene rings is 1. The van der Waals surface area contributed by atoms with Gasteiger partial charge in [-0.1, -0.05) is 25.1 Å². The van der Waals surface area contributed by atoms with Crippen LogP contribution in [-0.4, -0.2) is 30.6 Å². The van der Waals surface area contributed by atoms with Gasteiger partial charge in [0.05, 0.1) is 7.11 Å². The zero-order valence-electron chi connectivity index (χ0n) is 13.3. The SMILES string of the molecule is COc1ccccc1CC(C)CC(=O)NCCCCC(=O)O. The molecule has 1 aromatic rings. The Morgan fingerprint density at radius 1 is 1.27 bits per heavy atom. The molecule has 0 saturated heterocycles. The maximum Gasteiger partial charge on any atom is 0.303 e. The highest BCUT2D eigenvalue weighted by Gasteiger charge is 2.12. The van der Waals surface area contributed by atoms with Crippen molar-refractivity contribution < 1.29 is 19.4 Å². The Hall–Kier alpha value is -2.04. The number of amides is 1. The fourth-order valence-corrected chi connectivity index (χ4v) is 2.34. The van der Waals surface area contributed by atoms with Crippen LogP contribution in [0.5, 0.6) is 5.75 Å². The molecule has 0 saturated carbocycles. The summed E-state index contributed by atoms with van der Waals surface area (Å²) in [6, 6.07) is 7.83. The molecule has 0 aliphatic rings. The van der Waals surface area contributed by atoms with Gasteiger partial charge in [-0.15, -0.1) is 0 Å². The van der Waals surface area contributed by atoms with Gasteiger partial charge in [0.15, 0.2) is 0 Å². The topological polar surface area (TPSA) is 75.6 Å². The number of nitrogens with one attached hydrogen (secondary N) is 1. The second-order valence-electron chi connectivity index (χ2n) is 5.53. The number of carboxylic acid groups (broad SMARTS) is 1.